The predicted octanol–water partition coefficient (Wildman–Crippen LogP) is 1.43. The molecule has 1 aromatic rings. The van der Waals surface area contributed by atoms with Gasteiger partial charge in [-0.2, -0.15) is 5.26 Å². The minimum atomic E-state index is -0.394. The zero-order chi connectivity index (χ0) is 13.0. The molecule has 1 heterocycles. The molecule has 1 saturated heterocycles. The van der Waals surface area contributed by atoms with Gasteiger partial charge in [-0.05, 0) is 12.1 Å². The Kier molecular flexibility index (Phi) is 3.90. The molecule has 0 spiro atoms. The molecule has 2 rings (SSSR count). The van der Waals surface area contributed by atoms with E-state index in [1.165, 1.54) is 0 Å². The average molecular weight is 248 g/mol. The van der Waals surface area contributed by atoms with Crippen LogP contribution in [0.1, 0.15) is 0 Å². The Labute approximate surface area is 106 Å². The second-order valence-electron chi connectivity index (χ2n) is 3.97. The summed E-state index contributed by atoms with van der Waals surface area (Å²) in [6.45, 7) is 1.82. The standard InChI is InChI=1S/C13H16N2O3/c1-16-10-3-4-13(17-2)12(7-10)15-5-6-18-11(8-14)9-15/h3-4,7,11H,5-6,9H2,1-2H3. The van der Waals surface area contributed by atoms with Gasteiger partial charge in [-0.1, -0.05) is 0 Å². The van der Waals surface area contributed by atoms with Crippen molar-refractivity contribution in [2.45, 2.75) is 6.10 Å². The summed E-state index contributed by atoms with van der Waals surface area (Å²) in [6.07, 6.45) is -0.394. The third-order valence-corrected chi connectivity index (χ3v) is 2.94. The number of rotatable bonds is 3. The van der Waals surface area contributed by atoms with E-state index in [0.717, 1.165) is 23.7 Å². The predicted molar refractivity (Wildman–Crippen MR) is 67.1 cm³/mol. The van der Waals surface area contributed by atoms with Crippen molar-refractivity contribution in [3.8, 4) is 17.6 Å². The molecule has 5 heteroatoms. The number of hydrogen-bond acceptors (Lipinski definition) is 5. The molecule has 5 nitrogen and oxygen atoms in total. The average Bonchev–Trinajstić information content (AvgIpc) is 2.46. The Hall–Kier alpha value is -1.93. The fourth-order valence-corrected chi connectivity index (χ4v) is 1.99. The molecular weight excluding hydrogens is 232 g/mol. The van der Waals surface area contributed by atoms with E-state index >= 15 is 0 Å². The summed E-state index contributed by atoms with van der Waals surface area (Å²) >= 11 is 0. The van der Waals surface area contributed by atoms with Crippen molar-refractivity contribution in [1.29, 1.82) is 5.26 Å². The van der Waals surface area contributed by atoms with Crippen LogP contribution in [-0.4, -0.2) is 40.0 Å². The molecule has 1 unspecified atom stereocenters. The number of nitrogens with zero attached hydrogens (tertiary/aromatic N) is 2. The van der Waals surface area contributed by atoms with E-state index in [-0.39, 0.29) is 0 Å². The van der Waals surface area contributed by atoms with Gasteiger partial charge in [0.25, 0.3) is 0 Å². The molecule has 1 aromatic carbocycles. The summed E-state index contributed by atoms with van der Waals surface area (Å²) < 4.78 is 15.9. The molecule has 0 N–H and O–H groups in total. The highest BCUT2D eigenvalue weighted by Gasteiger charge is 2.22. The maximum atomic E-state index is 8.93. The van der Waals surface area contributed by atoms with Gasteiger partial charge in [0.1, 0.15) is 11.5 Å². The minimum Gasteiger partial charge on any atom is -0.497 e. The number of methoxy groups -OCH3 is 2. The van der Waals surface area contributed by atoms with Crippen molar-refractivity contribution in [2.24, 2.45) is 0 Å². The van der Waals surface area contributed by atoms with E-state index in [9.17, 15) is 0 Å². The first-order valence-corrected chi connectivity index (χ1v) is 5.76. The molecule has 0 saturated carbocycles. The molecular formula is C13H16N2O3. The number of nitriles is 1. The molecule has 1 aliphatic rings. The normalized spacial score (nSPS) is 19.2. The fourth-order valence-electron chi connectivity index (χ4n) is 1.99. The third kappa shape index (κ3) is 2.49. The van der Waals surface area contributed by atoms with Crippen LogP contribution in [0.4, 0.5) is 5.69 Å². The highest BCUT2D eigenvalue weighted by Crippen LogP contribution is 2.33. The van der Waals surface area contributed by atoms with Crippen molar-refractivity contribution in [3.05, 3.63) is 18.2 Å². The van der Waals surface area contributed by atoms with Gasteiger partial charge < -0.3 is 19.1 Å². The molecule has 1 fully saturated rings. The number of ether oxygens (including phenoxy) is 3. The van der Waals surface area contributed by atoms with Crippen LogP contribution in [0.3, 0.4) is 0 Å². The second kappa shape index (κ2) is 5.61. The van der Waals surface area contributed by atoms with Crippen LogP contribution in [0.25, 0.3) is 0 Å². The lowest BCUT2D eigenvalue weighted by atomic mass is 10.2. The van der Waals surface area contributed by atoms with Gasteiger partial charge in [-0.25, -0.2) is 0 Å². The largest absolute Gasteiger partial charge is 0.497 e. The maximum absolute atomic E-state index is 8.93. The quantitative estimate of drug-likeness (QED) is 0.810. The zero-order valence-corrected chi connectivity index (χ0v) is 10.5. The van der Waals surface area contributed by atoms with Gasteiger partial charge >= 0.3 is 0 Å². The van der Waals surface area contributed by atoms with Crippen LogP contribution in [0, 0.1) is 11.3 Å². The van der Waals surface area contributed by atoms with Crippen LogP contribution >= 0.6 is 0 Å². The topological polar surface area (TPSA) is 54.7 Å². The lowest BCUT2D eigenvalue weighted by molar-refractivity contribution is 0.0762. The molecule has 1 aliphatic heterocycles. The molecule has 0 bridgehead atoms. The maximum Gasteiger partial charge on any atom is 0.161 e. The summed E-state index contributed by atoms with van der Waals surface area (Å²) in [5, 5.41) is 8.93. The summed E-state index contributed by atoms with van der Waals surface area (Å²) in [4.78, 5) is 2.08. The van der Waals surface area contributed by atoms with Gasteiger partial charge in [0, 0.05) is 12.6 Å². The summed E-state index contributed by atoms with van der Waals surface area (Å²) in [6, 6.07) is 7.77. The highest BCUT2D eigenvalue weighted by atomic mass is 16.5. The Morgan fingerprint density at radius 2 is 2.22 bits per heavy atom. The first kappa shape index (κ1) is 12.5. The molecule has 0 aromatic heterocycles. The van der Waals surface area contributed by atoms with Gasteiger partial charge in [0.05, 0.1) is 39.1 Å². The third-order valence-electron chi connectivity index (χ3n) is 2.94. The van der Waals surface area contributed by atoms with E-state index < -0.39 is 6.10 Å². The van der Waals surface area contributed by atoms with Crippen molar-refractivity contribution in [1.82, 2.24) is 0 Å². The SMILES string of the molecule is COc1ccc(OC)c(N2CCOC(C#N)C2)c1. The number of anilines is 1. The van der Waals surface area contributed by atoms with Gasteiger partial charge in [-0.15, -0.1) is 0 Å². The lowest BCUT2D eigenvalue weighted by Gasteiger charge is -2.32. The Bertz CT molecular complexity index is 456. The number of benzene rings is 1. The summed E-state index contributed by atoms with van der Waals surface area (Å²) in [5.41, 5.74) is 0.931. The smallest absolute Gasteiger partial charge is 0.161 e. The summed E-state index contributed by atoms with van der Waals surface area (Å²) in [5.74, 6) is 1.54. The first-order valence-electron chi connectivity index (χ1n) is 5.76. The highest BCUT2D eigenvalue weighted by molar-refractivity contribution is 5.62. The molecule has 0 radical (unpaired) electrons. The number of hydrogen-bond donors (Lipinski definition) is 0. The van der Waals surface area contributed by atoms with E-state index in [0.29, 0.717) is 13.2 Å². The molecule has 1 atom stereocenters. The van der Waals surface area contributed by atoms with Crippen molar-refractivity contribution in [3.63, 3.8) is 0 Å². The van der Waals surface area contributed by atoms with Gasteiger partial charge in [0.2, 0.25) is 0 Å². The first-order chi connectivity index (χ1) is 8.78. The zero-order valence-electron chi connectivity index (χ0n) is 10.5. The molecule has 0 amide bonds. The number of morpholine rings is 1. The van der Waals surface area contributed by atoms with Gasteiger partial charge in [-0.3, -0.25) is 0 Å². The monoisotopic (exact) mass is 248 g/mol. The van der Waals surface area contributed by atoms with E-state index in [4.69, 9.17) is 19.5 Å². The van der Waals surface area contributed by atoms with Gasteiger partial charge in [0.15, 0.2) is 6.10 Å². The van der Waals surface area contributed by atoms with Crippen molar-refractivity contribution < 1.29 is 14.2 Å². The fraction of sp³-hybridized carbons (Fsp3) is 0.462. The second-order valence-corrected chi connectivity index (χ2v) is 3.97. The van der Waals surface area contributed by atoms with Crippen LogP contribution in [0.15, 0.2) is 18.2 Å². The van der Waals surface area contributed by atoms with Crippen LogP contribution in [0.2, 0.25) is 0 Å². The molecule has 96 valence electrons. The summed E-state index contributed by atoms with van der Waals surface area (Å²) in [7, 11) is 3.26. The lowest BCUT2D eigenvalue weighted by Crippen LogP contribution is -2.42. The van der Waals surface area contributed by atoms with Crippen molar-refractivity contribution in [2.75, 3.05) is 38.8 Å². The van der Waals surface area contributed by atoms with Crippen LogP contribution in [-0.2, 0) is 4.74 Å². The Balaban J connectivity index is 2.28. The Morgan fingerprint density at radius 1 is 1.39 bits per heavy atom. The van der Waals surface area contributed by atoms with E-state index in [1.807, 2.05) is 18.2 Å². The Morgan fingerprint density at radius 3 is 2.89 bits per heavy atom. The minimum absolute atomic E-state index is 0.394. The van der Waals surface area contributed by atoms with E-state index in [1.54, 1.807) is 14.2 Å². The van der Waals surface area contributed by atoms with Crippen LogP contribution in [0.5, 0.6) is 11.5 Å². The van der Waals surface area contributed by atoms with Crippen molar-refractivity contribution >= 4 is 5.69 Å². The van der Waals surface area contributed by atoms with Crippen LogP contribution < -0.4 is 14.4 Å². The molecule has 0 aliphatic carbocycles. The molecule has 18 heavy (non-hydrogen) atoms. The van der Waals surface area contributed by atoms with E-state index in [2.05, 4.69) is 11.0 Å².